The second-order valence-corrected chi connectivity index (χ2v) is 6.15. The summed E-state index contributed by atoms with van der Waals surface area (Å²) >= 11 is 0. The molecule has 2 aromatic rings. The van der Waals surface area contributed by atoms with E-state index in [-0.39, 0.29) is 17.3 Å². The second-order valence-electron chi connectivity index (χ2n) is 6.15. The SMILES string of the molecule is O=c1cc(CC2COCCN(CCOc3ccc(F)cc3)C2)nc[nH]1. The topological polar surface area (TPSA) is 67.4 Å². The van der Waals surface area contributed by atoms with Crippen LogP contribution >= 0.6 is 0 Å². The Hall–Kier alpha value is -2.25. The zero-order chi connectivity index (χ0) is 17.5. The van der Waals surface area contributed by atoms with Crippen molar-refractivity contribution in [2.75, 3.05) is 39.5 Å². The number of nitrogens with one attached hydrogen (secondary N) is 1. The molecule has 1 N–H and O–H groups in total. The maximum Gasteiger partial charge on any atom is 0.250 e. The Kier molecular flexibility index (Phi) is 6.14. The highest BCUT2D eigenvalue weighted by Crippen LogP contribution is 2.13. The molecule has 3 rings (SSSR count). The van der Waals surface area contributed by atoms with E-state index in [9.17, 15) is 9.18 Å². The van der Waals surface area contributed by atoms with Crippen LogP contribution in [0.2, 0.25) is 0 Å². The zero-order valence-corrected chi connectivity index (χ0v) is 14.0. The molecule has 1 aromatic carbocycles. The van der Waals surface area contributed by atoms with E-state index in [0.717, 1.165) is 25.3 Å². The van der Waals surface area contributed by atoms with Crippen LogP contribution in [-0.4, -0.2) is 54.3 Å². The maximum absolute atomic E-state index is 12.9. The molecule has 1 atom stereocenters. The van der Waals surface area contributed by atoms with Crippen LogP contribution in [0.15, 0.2) is 41.5 Å². The van der Waals surface area contributed by atoms with Crippen molar-refractivity contribution in [3.8, 4) is 5.75 Å². The molecule has 1 saturated heterocycles. The largest absolute Gasteiger partial charge is 0.492 e. The number of benzene rings is 1. The summed E-state index contributed by atoms with van der Waals surface area (Å²) in [6, 6.07) is 7.57. The normalized spacial score (nSPS) is 18.7. The minimum absolute atomic E-state index is 0.135. The first kappa shape index (κ1) is 17.6. The van der Waals surface area contributed by atoms with E-state index in [1.807, 2.05) is 0 Å². The molecule has 6 nitrogen and oxygen atoms in total. The number of aromatic amines is 1. The molecule has 0 amide bonds. The molecule has 1 aliphatic heterocycles. The standard InChI is InChI=1S/C18H22FN3O3/c19-15-1-3-17(4-2-15)25-8-6-22-5-7-24-12-14(11-22)9-16-10-18(23)21-13-20-16/h1-4,10,13-14H,5-9,11-12H2,(H,20,21,23). The summed E-state index contributed by atoms with van der Waals surface area (Å²) in [4.78, 5) is 20.4. The van der Waals surface area contributed by atoms with Crippen molar-refractivity contribution in [3.05, 3.63) is 58.5 Å². The molecule has 0 bridgehead atoms. The summed E-state index contributed by atoms with van der Waals surface area (Å²) < 4.78 is 24.2. The van der Waals surface area contributed by atoms with E-state index in [2.05, 4.69) is 14.9 Å². The molecule has 0 spiro atoms. The van der Waals surface area contributed by atoms with Crippen molar-refractivity contribution >= 4 is 0 Å². The van der Waals surface area contributed by atoms with Crippen molar-refractivity contribution in [1.29, 1.82) is 0 Å². The summed E-state index contributed by atoms with van der Waals surface area (Å²) in [7, 11) is 0. The Labute approximate surface area is 145 Å². The van der Waals surface area contributed by atoms with Crippen LogP contribution in [0.5, 0.6) is 5.75 Å². The lowest BCUT2D eigenvalue weighted by Gasteiger charge is -2.23. The van der Waals surface area contributed by atoms with Gasteiger partial charge in [0.25, 0.3) is 5.56 Å². The van der Waals surface area contributed by atoms with Gasteiger partial charge < -0.3 is 14.5 Å². The van der Waals surface area contributed by atoms with Gasteiger partial charge in [-0.05, 0) is 30.7 Å². The maximum atomic E-state index is 12.9. The number of rotatable bonds is 6. The first-order valence-electron chi connectivity index (χ1n) is 8.41. The van der Waals surface area contributed by atoms with Gasteiger partial charge in [-0.25, -0.2) is 9.37 Å². The summed E-state index contributed by atoms with van der Waals surface area (Å²) in [5.74, 6) is 0.674. The van der Waals surface area contributed by atoms with Gasteiger partial charge in [-0.2, -0.15) is 0 Å². The van der Waals surface area contributed by atoms with E-state index in [1.54, 1.807) is 12.1 Å². The molecule has 25 heavy (non-hydrogen) atoms. The number of halogens is 1. The number of hydrogen-bond donors (Lipinski definition) is 1. The van der Waals surface area contributed by atoms with Crippen LogP contribution in [0, 0.1) is 11.7 Å². The molecular formula is C18H22FN3O3. The van der Waals surface area contributed by atoms with E-state index in [4.69, 9.17) is 9.47 Å². The number of ether oxygens (including phenoxy) is 2. The monoisotopic (exact) mass is 347 g/mol. The molecule has 1 fully saturated rings. The van der Waals surface area contributed by atoms with Gasteiger partial charge in [0.15, 0.2) is 0 Å². The minimum Gasteiger partial charge on any atom is -0.492 e. The summed E-state index contributed by atoms with van der Waals surface area (Å²) in [5.41, 5.74) is 0.644. The van der Waals surface area contributed by atoms with Crippen LogP contribution in [0.1, 0.15) is 5.69 Å². The van der Waals surface area contributed by atoms with E-state index in [1.165, 1.54) is 24.5 Å². The lowest BCUT2D eigenvalue weighted by atomic mass is 10.0. The highest BCUT2D eigenvalue weighted by molar-refractivity contribution is 5.21. The fourth-order valence-corrected chi connectivity index (χ4v) is 2.92. The highest BCUT2D eigenvalue weighted by Gasteiger charge is 2.19. The van der Waals surface area contributed by atoms with Crippen molar-refractivity contribution in [2.24, 2.45) is 5.92 Å². The predicted octanol–water partition coefficient (Wildman–Crippen LogP) is 1.48. The van der Waals surface area contributed by atoms with Gasteiger partial charge in [0.2, 0.25) is 0 Å². The molecular weight excluding hydrogens is 325 g/mol. The average Bonchev–Trinajstić information content (AvgIpc) is 2.82. The fourth-order valence-electron chi connectivity index (χ4n) is 2.92. The molecule has 134 valence electrons. The number of H-pyrrole nitrogens is 1. The van der Waals surface area contributed by atoms with Crippen molar-refractivity contribution in [1.82, 2.24) is 14.9 Å². The van der Waals surface area contributed by atoms with Crippen LogP contribution < -0.4 is 10.3 Å². The number of hydrogen-bond acceptors (Lipinski definition) is 5. The van der Waals surface area contributed by atoms with Crippen LogP contribution in [0.4, 0.5) is 4.39 Å². The zero-order valence-electron chi connectivity index (χ0n) is 14.0. The van der Waals surface area contributed by atoms with Gasteiger partial charge in [0.05, 0.1) is 19.5 Å². The van der Waals surface area contributed by atoms with Crippen LogP contribution in [0.25, 0.3) is 0 Å². The molecule has 0 radical (unpaired) electrons. The smallest absolute Gasteiger partial charge is 0.250 e. The molecule has 2 heterocycles. The third kappa shape index (κ3) is 5.65. The van der Waals surface area contributed by atoms with Crippen molar-refractivity contribution in [2.45, 2.75) is 6.42 Å². The molecule has 0 aliphatic carbocycles. The Bertz CT molecular complexity index is 720. The van der Waals surface area contributed by atoms with Gasteiger partial charge in [-0.15, -0.1) is 0 Å². The molecule has 1 aliphatic rings. The van der Waals surface area contributed by atoms with Gasteiger partial charge in [-0.1, -0.05) is 0 Å². The number of aromatic nitrogens is 2. The van der Waals surface area contributed by atoms with E-state index >= 15 is 0 Å². The van der Waals surface area contributed by atoms with Crippen molar-refractivity contribution in [3.63, 3.8) is 0 Å². The van der Waals surface area contributed by atoms with Gasteiger partial charge in [-0.3, -0.25) is 9.69 Å². The van der Waals surface area contributed by atoms with Gasteiger partial charge >= 0.3 is 0 Å². The van der Waals surface area contributed by atoms with Crippen LogP contribution in [-0.2, 0) is 11.2 Å². The minimum atomic E-state index is -0.270. The summed E-state index contributed by atoms with van der Waals surface area (Å²) in [6.45, 7) is 4.33. The Morgan fingerprint density at radius 3 is 3.00 bits per heavy atom. The van der Waals surface area contributed by atoms with Gasteiger partial charge in [0, 0.05) is 37.3 Å². The lowest BCUT2D eigenvalue weighted by molar-refractivity contribution is 0.121. The Balaban J connectivity index is 1.49. The van der Waals surface area contributed by atoms with Gasteiger partial charge in [0.1, 0.15) is 18.2 Å². The predicted molar refractivity (Wildman–Crippen MR) is 91.2 cm³/mol. The molecule has 0 saturated carbocycles. The average molecular weight is 347 g/mol. The molecule has 1 aromatic heterocycles. The fraction of sp³-hybridized carbons (Fsp3) is 0.444. The molecule has 7 heteroatoms. The van der Waals surface area contributed by atoms with E-state index in [0.29, 0.717) is 32.0 Å². The molecule has 1 unspecified atom stereocenters. The quantitative estimate of drug-likeness (QED) is 0.857. The van der Waals surface area contributed by atoms with Crippen molar-refractivity contribution < 1.29 is 13.9 Å². The Morgan fingerprint density at radius 2 is 2.20 bits per heavy atom. The third-order valence-corrected chi connectivity index (χ3v) is 4.14. The highest BCUT2D eigenvalue weighted by atomic mass is 19.1. The lowest BCUT2D eigenvalue weighted by Crippen LogP contribution is -2.34. The number of nitrogens with zero attached hydrogens (tertiary/aromatic N) is 2. The summed E-state index contributed by atoms with van der Waals surface area (Å²) in [6.07, 6.45) is 2.14. The summed E-state index contributed by atoms with van der Waals surface area (Å²) in [5, 5.41) is 0. The first-order valence-corrected chi connectivity index (χ1v) is 8.41. The Morgan fingerprint density at radius 1 is 1.36 bits per heavy atom. The second kappa shape index (κ2) is 8.73. The van der Waals surface area contributed by atoms with Crippen LogP contribution in [0.3, 0.4) is 0 Å². The first-order chi connectivity index (χ1) is 12.2. The third-order valence-electron chi connectivity index (χ3n) is 4.14. The van der Waals surface area contributed by atoms with E-state index < -0.39 is 0 Å².